The van der Waals surface area contributed by atoms with E-state index < -0.39 is 12.1 Å². The van der Waals surface area contributed by atoms with Crippen LogP contribution in [0, 0.1) is 0 Å². The van der Waals surface area contributed by atoms with E-state index >= 15 is 0 Å². The summed E-state index contributed by atoms with van der Waals surface area (Å²) in [5.41, 5.74) is 0.958. The molecule has 2 atom stereocenters. The minimum Gasteiger partial charge on any atom is -0.481 e. The van der Waals surface area contributed by atoms with E-state index in [-0.39, 0.29) is 25.3 Å². The molecule has 1 aliphatic rings. The number of methoxy groups -OCH3 is 1. The van der Waals surface area contributed by atoms with E-state index in [9.17, 15) is 9.59 Å². The number of hydrogen-bond acceptors (Lipinski definition) is 5. The average molecular weight is 378 g/mol. The molecule has 7 heteroatoms. The Labute approximate surface area is 160 Å². The summed E-state index contributed by atoms with van der Waals surface area (Å²) < 4.78 is 10.9. The number of likely N-dealkylation sites (tertiary alicyclic amines) is 1. The van der Waals surface area contributed by atoms with Crippen LogP contribution in [0.15, 0.2) is 30.3 Å². The third kappa shape index (κ3) is 7.97. The van der Waals surface area contributed by atoms with Gasteiger partial charge in [0, 0.05) is 39.1 Å². The van der Waals surface area contributed by atoms with Crippen molar-refractivity contribution in [3.63, 3.8) is 0 Å². The lowest BCUT2D eigenvalue weighted by molar-refractivity contribution is -0.137. The number of alkyl carbamates (subject to hydrolysis) is 1. The molecule has 0 radical (unpaired) electrons. The van der Waals surface area contributed by atoms with Crippen molar-refractivity contribution < 1.29 is 24.2 Å². The van der Waals surface area contributed by atoms with Crippen LogP contribution in [0.25, 0.3) is 0 Å². The first kappa shape index (κ1) is 21.2. The van der Waals surface area contributed by atoms with Gasteiger partial charge >= 0.3 is 12.1 Å². The number of carbonyl (C=O) groups excluding carboxylic acids is 1. The lowest BCUT2D eigenvalue weighted by atomic mass is 10.0. The van der Waals surface area contributed by atoms with Gasteiger partial charge in [0.1, 0.15) is 12.8 Å². The van der Waals surface area contributed by atoms with Crippen LogP contribution in [-0.2, 0) is 20.9 Å². The Hall–Kier alpha value is -2.12. The zero-order chi connectivity index (χ0) is 19.5. The Kier molecular flexibility index (Phi) is 9.07. The number of carboxylic acid groups (broad SMARTS) is 1. The topological polar surface area (TPSA) is 88.1 Å². The highest BCUT2D eigenvalue weighted by molar-refractivity contribution is 5.67. The number of nitrogens with zero attached hydrogens (tertiary/aromatic N) is 1. The molecule has 0 saturated carbocycles. The first-order chi connectivity index (χ1) is 13.1. The molecule has 1 heterocycles. The minimum atomic E-state index is -0.740. The second kappa shape index (κ2) is 11.6. The van der Waals surface area contributed by atoms with Crippen LogP contribution in [0.1, 0.15) is 44.1 Å². The highest BCUT2D eigenvalue weighted by Crippen LogP contribution is 2.19. The number of carboxylic acids is 1. The molecule has 2 rings (SSSR count). The molecule has 7 nitrogen and oxygen atoms in total. The molecule has 1 aromatic carbocycles. The van der Waals surface area contributed by atoms with Crippen molar-refractivity contribution in [1.29, 1.82) is 0 Å². The summed E-state index contributed by atoms with van der Waals surface area (Å²) in [6.07, 6.45) is 3.89. The molecular weight excluding hydrogens is 348 g/mol. The van der Waals surface area contributed by atoms with Crippen LogP contribution in [0.5, 0.6) is 0 Å². The van der Waals surface area contributed by atoms with E-state index in [1.807, 2.05) is 30.3 Å². The first-order valence-electron chi connectivity index (χ1n) is 9.54. The lowest BCUT2D eigenvalue weighted by Crippen LogP contribution is -2.50. The van der Waals surface area contributed by atoms with Crippen molar-refractivity contribution in [2.75, 3.05) is 20.2 Å². The summed E-state index contributed by atoms with van der Waals surface area (Å²) in [5.74, 6) is -0.740. The molecule has 150 valence electrons. The molecule has 1 aromatic rings. The zero-order valence-electron chi connectivity index (χ0n) is 15.9. The van der Waals surface area contributed by atoms with Gasteiger partial charge in [0.25, 0.3) is 0 Å². The van der Waals surface area contributed by atoms with Gasteiger partial charge in [-0.3, -0.25) is 9.69 Å². The quantitative estimate of drug-likeness (QED) is 0.609. The molecule has 0 spiro atoms. The maximum Gasteiger partial charge on any atom is 0.407 e. The van der Waals surface area contributed by atoms with Crippen LogP contribution in [0.2, 0.25) is 0 Å². The van der Waals surface area contributed by atoms with Gasteiger partial charge in [-0.1, -0.05) is 36.8 Å². The summed E-state index contributed by atoms with van der Waals surface area (Å²) >= 11 is 0. The summed E-state index contributed by atoms with van der Waals surface area (Å²) in [6.45, 7) is 1.97. The number of aliphatic carboxylic acids is 1. The summed E-state index contributed by atoms with van der Waals surface area (Å²) in [7, 11) is 1.68. The van der Waals surface area contributed by atoms with E-state index in [4.69, 9.17) is 14.6 Å². The maximum atomic E-state index is 12.0. The predicted octanol–water partition coefficient (Wildman–Crippen LogP) is 2.99. The Balaban J connectivity index is 1.67. The molecule has 1 unspecified atom stereocenters. The van der Waals surface area contributed by atoms with Crippen LogP contribution in [0.4, 0.5) is 4.79 Å². The average Bonchev–Trinajstić information content (AvgIpc) is 2.67. The van der Waals surface area contributed by atoms with E-state index in [0.29, 0.717) is 12.8 Å². The minimum absolute atomic E-state index is 0.0292. The highest BCUT2D eigenvalue weighted by Gasteiger charge is 2.29. The van der Waals surface area contributed by atoms with Gasteiger partial charge in [0.2, 0.25) is 0 Å². The number of benzene rings is 1. The van der Waals surface area contributed by atoms with Crippen molar-refractivity contribution in [2.45, 2.75) is 57.4 Å². The highest BCUT2D eigenvalue weighted by atomic mass is 16.5. The molecule has 27 heavy (non-hydrogen) atoms. The number of rotatable bonds is 10. The third-order valence-corrected chi connectivity index (χ3v) is 4.80. The van der Waals surface area contributed by atoms with Gasteiger partial charge in [-0.2, -0.15) is 0 Å². The van der Waals surface area contributed by atoms with E-state index in [1.165, 1.54) is 0 Å². The molecule has 0 aliphatic carbocycles. The largest absolute Gasteiger partial charge is 0.481 e. The number of unbranched alkanes of at least 4 members (excludes halogenated alkanes) is 2. The number of nitrogens with one attached hydrogen (secondary N) is 1. The van der Waals surface area contributed by atoms with Crippen LogP contribution in [-0.4, -0.2) is 54.5 Å². The fraction of sp³-hybridized carbons (Fsp3) is 0.600. The lowest BCUT2D eigenvalue weighted by Gasteiger charge is -2.38. The number of piperidine rings is 1. The number of hydrogen-bond donors (Lipinski definition) is 2. The molecule has 0 bridgehead atoms. The molecule has 1 fully saturated rings. The summed E-state index contributed by atoms with van der Waals surface area (Å²) in [6, 6.07) is 9.62. The Bertz CT molecular complexity index is 581. The van der Waals surface area contributed by atoms with Crippen LogP contribution in [0.3, 0.4) is 0 Å². The fourth-order valence-corrected chi connectivity index (χ4v) is 3.31. The molecular formula is C20H30N2O5. The van der Waals surface area contributed by atoms with Gasteiger partial charge in [-0.05, 0) is 24.8 Å². The van der Waals surface area contributed by atoms with Crippen LogP contribution < -0.4 is 5.32 Å². The SMILES string of the molecule is COC1C[C@H](NC(=O)OCc2ccccc2)CCN1CCCCCC(=O)O. The smallest absolute Gasteiger partial charge is 0.407 e. The second-order valence-corrected chi connectivity index (χ2v) is 6.86. The van der Waals surface area contributed by atoms with Gasteiger partial charge < -0.3 is 19.9 Å². The maximum absolute atomic E-state index is 12.0. The van der Waals surface area contributed by atoms with Crippen molar-refractivity contribution in [1.82, 2.24) is 10.2 Å². The van der Waals surface area contributed by atoms with Crippen molar-refractivity contribution in [3.05, 3.63) is 35.9 Å². The summed E-state index contributed by atoms with van der Waals surface area (Å²) in [5, 5.41) is 11.6. The van der Waals surface area contributed by atoms with Gasteiger partial charge in [0.05, 0.1) is 0 Å². The van der Waals surface area contributed by atoms with Gasteiger partial charge in [-0.15, -0.1) is 0 Å². The van der Waals surface area contributed by atoms with E-state index in [1.54, 1.807) is 7.11 Å². The Morgan fingerprint density at radius 3 is 2.70 bits per heavy atom. The van der Waals surface area contributed by atoms with Crippen molar-refractivity contribution in [3.8, 4) is 0 Å². The van der Waals surface area contributed by atoms with Crippen molar-refractivity contribution in [2.24, 2.45) is 0 Å². The normalized spacial score (nSPS) is 20.2. The molecule has 1 aliphatic heterocycles. The fourth-order valence-electron chi connectivity index (χ4n) is 3.31. The Morgan fingerprint density at radius 2 is 2.00 bits per heavy atom. The van der Waals surface area contributed by atoms with Gasteiger partial charge in [0.15, 0.2) is 0 Å². The third-order valence-electron chi connectivity index (χ3n) is 4.80. The van der Waals surface area contributed by atoms with E-state index in [2.05, 4.69) is 10.2 Å². The van der Waals surface area contributed by atoms with Gasteiger partial charge in [-0.25, -0.2) is 4.79 Å². The Morgan fingerprint density at radius 1 is 1.22 bits per heavy atom. The number of ether oxygens (including phenoxy) is 2. The van der Waals surface area contributed by atoms with E-state index in [0.717, 1.165) is 37.9 Å². The first-order valence-corrected chi connectivity index (χ1v) is 9.54. The predicted molar refractivity (Wildman–Crippen MR) is 101 cm³/mol. The summed E-state index contributed by atoms with van der Waals surface area (Å²) in [4.78, 5) is 24.8. The zero-order valence-corrected chi connectivity index (χ0v) is 15.9. The standard InChI is InChI=1S/C20H30N2O5/c1-26-18-14-17(11-13-22(18)12-7-3-6-10-19(23)24)21-20(25)27-15-16-8-4-2-5-9-16/h2,4-5,8-9,17-18H,3,6-7,10-15H2,1H3,(H,21,25)(H,23,24)/t17-,18?/m1/s1. The molecule has 1 saturated heterocycles. The van der Waals surface area contributed by atoms with Crippen LogP contribution >= 0.6 is 0 Å². The molecule has 1 amide bonds. The van der Waals surface area contributed by atoms with Crippen molar-refractivity contribution >= 4 is 12.1 Å². The number of amides is 1. The molecule has 0 aromatic heterocycles. The second-order valence-electron chi connectivity index (χ2n) is 6.86. The molecule has 2 N–H and O–H groups in total. The number of carbonyl (C=O) groups is 2. The monoisotopic (exact) mass is 378 g/mol.